The van der Waals surface area contributed by atoms with Crippen molar-refractivity contribution in [1.29, 1.82) is 0 Å². The summed E-state index contributed by atoms with van der Waals surface area (Å²) in [5, 5.41) is 0. The fraction of sp³-hybridized carbons (Fsp3) is 0.308. The number of aromatic nitrogens is 1. The molecule has 0 saturated carbocycles. The summed E-state index contributed by atoms with van der Waals surface area (Å²) in [6.07, 6.45) is 1.81. The number of para-hydroxylation sites is 1. The van der Waals surface area contributed by atoms with Crippen molar-refractivity contribution in [2.45, 2.75) is 26.7 Å². The number of aryl methyl sites for hydroxylation is 1. The summed E-state index contributed by atoms with van der Waals surface area (Å²) >= 11 is 0. The van der Waals surface area contributed by atoms with Crippen LogP contribution in [0.15, 0.2) is 41.0 Å². The van der Waals surface area contributed by atoms with Crippen molar-refractivity contribution in [2.24, 2.45) is 0 Å². The van der Waals surface area contributed by atoms with Crippen molar-refractivity contribution in [3.8, 4) is 5.69 Å². The minimum Gasteiger partial charge on any atom is -0.409 e. The van der Waals surface area contributed by atoms with Crippen LogP contribution in [0.25, 0.3) is 5.69 Å². The van der Waals surface area contributed by atoms with Gasteiger partial charge in [0, 0.05) is 19.1 Å². The maximum atomic E-state index is 5.57. The molecule has 0 bridgehead atoms. The highest BCUT2D eigenvalue weighted by atomic mass is 16.3. The second-order valence-electron chi connectivity index (χ2n) is 4.04. The van der Waals surface area contributed by atoms with E-state index in [0.29, 0.717) is 5.92 Å². The van der Waals surface area contributed by atoms with E-state index in [1.807, 2.05) is 24.5 Å². The van der Waals surface area contributed by atoms with Crippen LogP contribution >= 0.6 is 0 Å². The lowest BCUT2D eigenvalue weighted by atomic mass is 10.2. The van der Waals surface area contributed by atoms with Crippen LogP contribution in [-0.4, -0.2) is 0 Å². The van der Waals surface area contributed by atoms with Crippen molar-refractivity contribution in [2.75, 3.05) is 0 Å². The van der Waals surface area contributed by atoms with Crippen LogP contribution in [0.3, 0.4) is 0 Å². The number of benzene rings is 1. The molecule has 0 N–H and O–H groups in total. The third-order valence-electron chi connectivity index (χ3n) is 2.43. The van der Waals surface area contributed by atoms with Crippen LogP contribution < -0.4 is 4.57 Å². The molecular weight excluding hydrogens is 186 g/mol. The first-order valence-corrected chi connectivity index (χ1v) is 5.25. The van der Waals surface area contributed by atoms with Gasteiger partial charge in [-0.1, -0.05) is 18.2 Å². The third kappa shape index (κ3) is 1.80. The van der Waals surface area contributed by atoms with E-state index >= 15 is 0 Å². The van der Waals surface area contributed by atoms with Gasteiger partial charge in [0.15, 0.2) is 6.26 Å². The van der Waals surface area contributed by atoms with E-state index in [0.717, 1.165) is 17.3 Å². The van der Waals surface area contributed by atoms with Gasteiger partial charge >= 0.3 is 5.89 Å². The molecule has 2 heteroatoms. The predicted molar refractivity (Wildman–Crippen MR) is 59.1 cm³/mol. The largest absolute Gasteiger partial charge is 0.409 e. The molecule has 0 amide bonds. The molecule has 0 aliphatic heterocycles. The zero-order chi connectivity index (χ0) is 10.8. The Balaban J connectivity index is 2.57. The first-order valence-electron chi connectivity index (χ1n) is 5.25. The summed E-state index contributed by atoms with van der Waals surface area (Å²) in [5.74, 6) is 1.39. The molecule has 2 nitrogen and oxygen atoms in total. The van der Waals surface area contributed by atoms with E-state index in [4.69, 9.17) is 4.42 Å². The lowest BCUT2D eigenvalue weighted by Gasteiger charge is -1.99. The van der Waals surface area contributed by atoms with E-state index in [9.17, 15) is 0 Å². The number of hydrogen-bond acceptors (Lipinski definition) is 1. The highest BCUT2D eigenvalue weighted by Gasteiger charge is 2.24. The molecule has 0 saturated heterocycles. The lowest BCUT2D eigenvalue weighted by Crippen LogP contribution is -2.36. The molecule has 0 atom stereocenters. The first kappa shape index (κ1) is 9.97. The molecule has 0 aliphatic carbocycles. The van der Waals surface area contributed by atoms with Crippen LogP contribution in [0, 0.1) is 6.92 Å². The molecular formula is C13H16NO+. The second-order valence-corrected chi connectivity index (χ2v) is 4.04. The lowest BCUT2D eigenvalue weighted by molar-refractivity contribution is -0.616. The van der Waals surface area contributed by atoms with Crippen molar-refractivity contribution in [1.82, 2.24) is 0 Å². The quantitative estimate of drug-likeness (QED) is 0.684. The van der Waals surface area contributed by atoms with Crippen LogP contribution in [0.2, 0.25) is 0 Å². The van der Waals surface area contributed by atoms with Gasteiger partial charge in [0.1, 0.15) is 0 Å². The van der Waals surface area contributed by atoms with Crippen molar-refractivity contribution >= 4 is 0 Å². The molecule has 2 rings (SSSR count). The van der Waals surface area contributed by atoms with E-state index in [1.54, 1.807) is 0 Å². The molecule has 1 aromatic heterocycles. The van der Waals surface area contributed by atoms with E-state index in [-0.39, 0.29) is 0 Å². The Morgan fingerprint density at radius 3 is 2.40 bits per heavy atom. The standard InChI is InChI=1S/C13H16NO/c1-10(2)13-14(11(3)9-15-13)12-7-5-4-6-8-12/h4-10H,1-3H3/q+1. The van der Waals surface area contributed by atoms with E-state index in [1.165, 1.54) is 0 Å². The zero-order valence-electron chi connectivity index (χ0n) is 9.40. The highest BCUT2D eigenvalue weighted by Crippen LogP contribution is 2.14. The number of hydrogen-bond donors (Lipinski definition) is 0. The fourth-order valence-corrected chi connectivity index (χ4v) is 1.73. The Bertz CT molecular complexity index is 443. The molecule has 15 heavy (non-hydrogen) atoms. The summed E-state index contributed by atoms with van der Waals surface area (Å²) in [7, 11) is 0. The van der Waals surface area contributed by atoms with E-state index in [2.05, 4.69) is 37.5 Å². The smallest absolute Gasteiger partial charge is 0.355 e. The summed E-state index contributed by atoms with van der Waals surface area (Å²) < 4.78 is 7.73. The van der Waals surface area contributed by atoms with Crippen LogP contribution in [-0.2, 0) is 0 Å². The molecule has 0 fully saturated rings. The van der Waals surface area contributed by atoms with Crippen LogP contribution in [0.5, 0.6) is 0 Å². The van der Waals surface area contributed by atoms with Gasteiger partial charge in [-0.3, -0.25) is 0 Å². The summed E-state index contributed by atoms with van der Waals surface area (Å²) in [6, 6.07) is 10.3. The SMILES string of the molecule is Cc1coc(C(C)C)[n+]1-c1ccccc1. The molecule has 78 valence electrons. The Morgan fingerprint density at radius 1 is 1.13 bits per heavy atom. The Morgan fingerprint density at radius 2 is 1.80 bits per heavy atom. The van der Waals surface area contributed by atoms with Gasteiger partial charge in [-0.15, -0.1) is 4.57 Å². The summed E-state index contributed by atoms with van der Waals surface area (Å²) in [4.78, 5) is 0. The Hall–Kier alpha value is -1.57. The predicted octanol–water partition coefficient (Wildman–Crippen LogP) is 2.99. The number of oxazole rings is 1. The summed E-state index contributed by atoms with van der Waals surface area (Å²) in [6.45, 7) is 6.33. The van der Waals surface area contributed by atoms with Crippen molar-refractivity contribution in [3.63, 3.8) is 0 Å². The monoisotopic (exact) mass is 202 g/mol. The maximum Gasteiger partial charge on any atom is 0.355 e. The van der Waals surface area contributed by atoms with Crippen molar-refractivity contribution < 1.29 is 8.98 Å². The molecule has 0 aliphatic rings. The van der Waals surface area contributed by atoms with Gasteiger partial charge in [0.05, 0.1) is 5.92 Å². The second kappa shape index (κ2) is 3.89. The van der Waals surface area contributed by atoms with Gasteiger partial charge in [-0.05, 0) is 13.8 Å². The number of rotatable bonds is 2. The number of nitrogens with zero attached hydrogens (tertiary/aromatic N) is 1. The molecule has 2 aromatic rings. The fourth-order valence-electron chi connectivity index (χ4n) is 1.73. The van der Waals surface area contributed by atoms with E-state index < -0.39 is 0 Å². The van der Waals surface area contributed by atoms with Gasteiger partial charge in [-0.25, -0.2) is 0 Å². The van der Waals surface area contributed by atoms with Gasteiger partial charge in [0.2, 0.25) is 11.4 Å². The molecule has 0 radical (unpaired) electrons. The maximum absolute atomic E-state index is 5.57. The Kier molecular flexibility index (Phi) is 2.58. The minimum atomic E-state index is 0.388. The highest BCUT2D eigenvalue weighted by molar-refractivity contribution is 5.22. The molecule has 0 unspecified atom stereocenters. The average Bonchev–Trinajstić information content (AvgIpc) is 2.61. The minimum absolute atomic E-state index is 0.388. The molecule has 1 heterocycles. The first-order chi connectivity index (χ1) is 7.20. The third-order valence-corrected chi connectivity index (χ3v) is 2.43. The normalized spacial score (nSPS) is 10.9. The van der Waals surface area contributed by atoms with Gasteiger partial charge in [-0.2, -0.15) is 0 Å². The van der Waals surface area contributed by atoms with Crippen molar-refractivity contribution in [3.05, 3.63) is 48.2 Å². The van der Waals surface area contributed by atoms with Crippen LogP contribution in [0.4, 0.5) is 0 Å². The Labute approximate surface area is 90.2 Å². The zero-order valence-corrected chi connectivity index (χ0v) is 9.40. The van der Waals surface area contributed by atoms with Crippen LogP contribution in [0.1, 0.15) is 31.4 Å². The average molecular weight is 202 g/mol. The molecule has 0 spiro atoms. The summed E-state index contributed by atoms with van der Waals surface area (Å²) in [5.41, 5.74) is 2.29. The molecule has 1 aromatic carbocycles. The van der Waals surface area contributed by atoms with Gasteiger partial charge < -0.3 is 4.42 Å². The van der Waals surface area contributed by atoms with Gasteiger partial charge in [0.25, 0.3) is 0 Å². The topological polar surface area (TPSA) is 17.0 Å².